The molecule has 0 radical (unpaired) electrons. The number of ether oxygens (including phenoxy) is 1. The van der Waals surface area contributed by atoms with Crippen LogP contribution in [0.4, 0.5) is 11.4 Å². The number of amides is 2. The van der Waals surface area contributed by atoms with E-state index in [1.165, 1.54) is 13.0 Å². The number of carbonyl (C=O) groups excluding carboxylic acids is 3. The van der Waals surface area contributed by atoms with Gasteiger partial charge in [-0.1, -0.05) is 54.6 Å². The molecule has 0 fully saturated rings. The third-order valence-electron chi connectivity index (χ3n) is 4.99. The molecule has 2 N–H and O–H groups in total. The average Bonchev–Trinajstić information content (AvgIpc) is 2.84. The minimum absolute atomic E-state index is 0.253. The summed E-state index contributed by atoms with van der Waals surface area (Å²) in [6.45, 7) is 1.30. The van der Waals surface area contributed by atoms with E-state index in [2.05, 4.69) is 10.6 Å². The van der Waals surface area contributed by atoms with Crippen molar-refractivity contribution in [1.29, 1.82) is 0 Å². The molecule has 0 aliphatic heterocycles. The number of benzene rings is 4. The van der Waals surface area contributed by atoms with E-state index in [-0.39, 0.29) is 11.8 Å². The van der Waals surface area contributed by atoms with Crippen molar-refractivity contribution in [2.75, 3.05) is 10.6 Å². The van der Waals surface area contributed by atoms with E-state index in [1.807, 2.05) is 42.5 Å². The molecule has 0 saturated carbocycles. The second-order valence-corrected chi connectivity index (χ2v) is 7.55. The second-order valence-electron chi connectivity index (χ2n) is 7.55. The van der Waals surface area contributed by atoms with Crippen LogP contribution >= 0.6 is 0 Å². The van der Waals surface area contributed by atoms with E-state index in [9.17, 15) is 14.4 Å². The molecular formula is C28H22N2O4. The van der Waals surface area contributed by atoms with Crippen LogP contribution in [-0.4, -0.2) is 17.8 Å². The van der Waals surface area contributed by atoms with Gasteiger partial charge in [-0.15, -0.1) is 0 Å². The zero-order valence-corrected chi connectivity index (χ0v) is 18.4. The highest BCUT2D eigenvalue weighted by atomic mass is 16.5. The maximum atomic E-state index is 12.7. The molecule has 4 aromatic rings. The van der Waals surface area contributed by atoms with Crippen LogP contribution in [0.25, 0.3) is 11.1 Å². The highest BCUT2D eigenvalue weighted by Gasteiger charge is 2.10. The molecule has 34 heavy (non-hydrogen) atoms. The molecule has 0 saturated heterocycles. The molecule has 2 amide bonds. The van der Waals surface area contributed by atoms with Gasteiger partial charge in [-0.3, -0.25) is 14.4 Å². The van der Waals surface area contributed by atoms with Crippen molar-refractivity contribution in [3.63, 3.8) is 0 Å². The summed E-state index contributed by atoms with van der Waals surface area (Å²) in [4.78, 5) is 36.5. The van der Waals surface area contributed by atoms with E-state index in [1.54, 1.807) is 54.6 Å². The van der Waals surface area contributed by atoms with Crippen LogP contribution in [0.5, 0.6) is 5.75 Å². The standard InChI is InChI=1S/C28H22N2O4/c1-19(31)34-26-12-5-9-23(17-26)28(33)30-25-11-6-10-24(18-25)29-27(32)22-15-13-21(14-16-22)20-7-3-2-4-8-20/h2-18H,1H3,(H,29,32)(H,30,33). The lowest BCUT2D eigenvalue weighted by Crippen LogP contribution is -2.14. The lowest BCUT2D eigenvalue weighted by molar-refractivity contribution is -0.131. The molecule has 0 spiro atoms. The van der Waals surface area contributed by atoms with E-state index in [0.717, 1.165) is 11.1 Å². The van der Waals surface area contributed by atoms with Crippen LogP contribution < -0.4 is 15.4 Å². The fourth-order valence-corrected chi connectivity index (χ4v) is 3.39. The van der Waals surface area contributed by atoms with Gasteiger partial charge < -0.3 is 15.4 Å². The van der Waals surface area contributed by atoms with Crippen LogP contribution in [0, 0.1) is 0 Å². The number of esters is 1. The quantitative estimate of drug-likeness (QED) is 0.288. The minimum Gasteiger partial charge on any atom is -0.427 e. The predicted octanol–water partition coefficient (Wildman–Crippen LogP) is 5.78. The van der Waals surface area contributed by atoms with Crippen molar-refractivity contribution in [2.24, 2.45) is 0 Å². The summed E-state index contributed by atoms with van der Waals surface area (Å²) < 4.78 is 5.03. The van der Waals surface area contributed by atoms with Crippen LogP contribution in [0.15, 0.2) is 103 Å². The predicted molar refractivity (Wildman–Crippen MR) is 132 cm³/mol. The maximum absolute atomic E-state index is 12.7. The first-order chi connectivity index (χ1) is 16.5. The Labute approximate surface area is 197 Å². The summed E-state index contributed by atoms with van der Waals surface area (Å²) in [6.07, 6.45) is 0. The molecule has 6 heteroatoms. The molecule has 6 nitrogen and oxygen atoms in total. The summed E-state index contributed by atoms with van der Waals surface area (Å²) in [5, 5.41) is 5.64. The zero-order valence-electron chi connectivity index (χ0n) is 18.4. The molecule has 168 valence electrons. The number of carbonyl (C=O) groups is 3. The van der Waals surface area contributed by atoms with Gasteiger partial charge in [0.25, 0.3) is 11.8 Å². The van der Waals surface area contributed by atoms with E-state index in [0.29, 0.717) is 28.3 Å². The smallest absolute Gasteiger partial charge is 0.308 e. The van der Waals surface area contributed by atoms with Crippen LogP contribution in [0.3, 0.4) is 0 Å². The molecule has 0 unspecified atom stereocenters. The number of hydrogen-bond donors (Lipinski definition) is 2. The molecule has 0 heterocycles. The van der Waals surface area contributed by atoms with Gasteiger partial charge in [-0.2, -0.15) is 0 Å². The maximum Gasteiger partial charge on any atom is 0.308 e. The van der Waals surface area contributed by atoms with Gasteiger partial charge >= 0.3 is 5.97 Å². The van der Waals surface area contributed by atoms with Crippen molar-refractivity contribution in [3.05, 3.63) is 114 Å². The van der Waals surface area contributed by atoms with Crippen molar-refractivity contribution in [2.45, 2.75) is 6.92 Å². The Morgan fingerprint density at radius 1 is 0.588 bits per heavy atom. The van der Waals surface area contributed by atoms with Crippen molar-refractivity contribution < 1.29 is 19.1 Å². The highest BCUT2D eigenvalue weighted by Crippen LogP contribution is 2.21. The topological polar surface area (TPSA) is 84.5 Å². The molecule has 0 aromatic heterocycles. The Bertz CT molecular complexity index is 1330. The number of anilines is 2. The fourth-order valence-electron chi connectivity index (χ4n) is 3.39. The van der Waals surface area contributed by atoms with Gasteiger partial charge in [0.15, 0.2) is 0 Å². The Hall–Kier alpha value is -4.71. The molecule has 0 atom stereocenters. The Balaban J connectivity index is 1.42. The van der Waals surface area contributed by atoms with Crippen LogP contribution in [0.1, 0.15) is 27.6 Å². The van der Waals surface area contributed by atoms with E-state index >= 15 is 0 Å². The molecule has 4 aromatic carbocycles. The lowest BCUT2D eigenvalue weighted by atomic mass is 10.0. The first-order valence-corrected chi connectivity index (χ1v) is 10.6. The Kier molecular flexibility index (Phi) is 6.79. The second kappa shape index (κ2) is 10.3. The van der Waals surface area contributed by atoms with Gasteiger partial charge in [0.05, 0.1) is 0 Å². The van der Waals surface area contributed by atoms with Gasteiger partial charge in [0.2, 0.25) is 0 Å². The monoisotopic (exact) mass is 450 g/mol. The molecule has 0 bridgehead atoms. The first-order valence-electron chi connectivity index (χ1n) is 10.6. The van der Waals surface area contributed by atoms with E-state index < -0.39 is 5.97 Å². The molecular weight excluding hydrogens is 428 g/mol. The fraction of sp³-hybridized carbons (Fsp3) is 0.0357. The Morgan fingerprint density at radius 2 is 1.18 bits per heavy atom. The number of rotatable bonds is 6. The molecule has 0 aliphatic carbocycles. The largest absolute Gasteiger partial charge is 0.427 e. The summed E-state index contributed by atoms with van der Waals surface area (Å²) in [7, 11) is 0. The molecule has 0 aliphatic rings. The Morgan fingerprint density at radius 3 is 1.82 bits per heavy atom. The summed E-state index contributed by atoms with van der Waals surface area (Å²) >= 11 is 0. The van der Waals surface area contributed by atoms with Gasteiger partial charge in [0.1, 0.15) is 5.75 Å². The SMILES string of the molecule is CC(=O)Oc1cccc(C(=O)Nc2cccc(NC(=O)c3ccc(-c4ccccc4)cc3)c2)c1. The first kappa shape index (κ1) is 22.5. The molecule has 4 rings (SSSR count). The van der Waals surface area contributed by atoms with Crippen LogP contribution in [-0.2, 0) is 4.79 Å². The third-order valence-corrected chi connectivity index (χ3v) is 4.99. The van der Waals surface area contributed by atoms with Crippen molar-refractivity contribution in [3.8, 4) is 16.9 Å². The van der Waals surface area contributed by atoms with Gasteiger partial charge in [-0.05, 0) is 59.7 Å². The number of hydrogen-bond acceptors (Lipinski definition) is 4. The summed E-state index contributed by atoms with van der Waals surface area (Å²) in [5.41, 5.74) is 4.03. The van der Waals surface area contributed by atoms with E-state index in [4.69, 9.17) is 4.74 Å². The van der Waals surface area contributed by atoms with Gasteiger partial charge in [0, 0.05) is 29.4 Å². The normalized spacial score (nSPS) is 10.3. The number of nitrogens with one attached hydrogen (secondary N) is 2. The lowest BCUT2D eigenvalue weighted by Gasteiger charge is -2.10. The van der Waals surface area contributed by atoms with Crippen molar-refractivity contribution in [1.82, 2.24) is 0 Å². The third kappa shape index (κ3) is 5.75. The average molecular weight is 450 g/mol. The minimum atomic E-state index is -0.462. The zero-order chi connectivity index (χ0) is 23.9. The van der Waals surface area contributed by atoms with Crippen molar-refractivity contribution >= 4 is 29.2 Å². The summed E-state index contributed by atoms with van der Waals surface area (Å²) in [5.74, 6) is -0.790. The van der Waals surface area contributed by atoms with Crippen LogP contribution in [0.2, 0.25) is 0 Å². The highest BCUT2D eigenvalue weighted by molar-refractivity contribution is 6.06. The van der Waals surface area contributed by atoms with Gasteiger partial charge in [-0.25, -0.2) is 0 Å². The summed E-state index contributed by atoms with van der Waals surface area (Å²) in [6, 6.07) is 30.5.